The Bertz CT molecular complexity index is 963. The van der Waals surface area contributed by atoms with E-state index in [1.807, 2.05) is 19.9 Å². The molecule has 8 heteroatoms. The van der Waals surface area contributed by atoms with E-state index in [9.17, 15) is 14.9 Å². The molecule has 1 aromatic heterocycles. The van der Waals surface area contributed by atoms with Gasteiger partial charge in [0.05, 0.1) is 10.5 Å². The Hall–Kier alpha value is -3.55. The molecule has 0 bridgehead atoms. The lowest BCUT2D eigenvalue weighted by molar-refractivity contribution is -0.384. The molecule has 0 saturated carbocycles. The number of rotatable bonds is 5. The Morgan fingerprint density at radius 1 is 1.19 bits per heavy atom. The number of hydrogen-bond acceptors (Lipinski definition) is 7. The summed E-state index contributed by atoms with van der Waals surface area (Å²) in [6.07, 6.45) is 0. The smallest absolute Gasteiger partial charge is 0.338 e. The number of aryl methyl sites for hydroxylation is 1. The summed E-state index contributed by atoms with van der Waals surface area (Å²) in [7, 11) is 0. The number of ether oxygens (including phenoxy) is 1. The highest BCUT2D eigenvalue weighted by molar-refractivity contribution is 5.91. The Labute approximate surface area is 148 Å². The number of aromatic nitrogens is 2. The van der Waals surface area contributed by atoms with Gasteiger partial charge in [-0.2, -0.15) is 4.98 Å². The zero-order valence-corrected chi connectivity index (χ0v) is 14.1. The van der Waals surface area contributed by atoms with Crippen LogP contribution in [0.2, 0.25) is 0 Å². The molecule has 132 valence electrons. The fraction of sp³-hybridized carbons (Fsp3) is 0.167. The molecule has 3 aromatic rings. The summed E-state index contributed by atoms with van der Waals surface area (Å²) in [5, 5.41) is 14.5. The largest absolute Gasteiger partial charge is 0.452 e. The van der Waals surface area contributed by atoms with Crippen LogP contribution in [0.25, 0.3) is 11.4 Å². The van der Waals surface area contributed by atoms with Crippen LogP contribution < -0.4 is 0 Å². The van der Waals surface area contributed by atoms with Crippen molar-refractivity contribution in [1.82, 2.24) is 10.1 Å². The molecule has 8 nitrogen and oxygen atoms in total. The Morgan fingerprint density at radius 3 is 2.62 bits per heavy atom. The second-order valence-electron chi connectivity index (χ2n) is 5.64. The Balaban J connectivity index is 1.68. The number of hydrogen-bond donors (Lipinski definition) is 0. The number of nitrogens with zero attached hydrogens (tertiary/aromatic N) is 3. The predicted octanol–water partition coefficient (Wildman–Crippen LogP) is 3.62. The number of nitro benzene ring substituents is 1. The summed E-state index contributed by atoms with van der Waals surface area (Å²) in [5.41, 5.74) is 2.87. The fourth-order valence-electron chi connectivity index (χ4n) is 2.34. The van der Waals surface area contributed by atoms with E-state index < -0.39 is 10.9 Å². The molecule has 0 unspecified atom stereocenters. The average Bonchev–Trinajstić information content (AvgIpc) is 3.11. The number of esters is 1. The first-order chi connectivity index (χ1) is 12.5. The van der Waals surface area contributed by atoms with E-state index in [2.05, 4.69) is 10.1 Å². The highest BCUT2D eigenvalue weighted by Crippen LogP contribution is 2.20. The van der Waals surface area contributed by atoms with Crippen LogP contribution in [0.3, 0.4) is 0 Å². The van der Waals surface area contributed by atoms with Crippen LogP contribution in [0.15, 0.2) is 47.0 Å². The first kappa shape index (κ1) is 17.3. The molecular weight excluding hydrogens is 338 g/mol. The lowest BCUT2D eigenvalue weighted by atomic mass is 10.0. The minimum Gasteiger partial charge on any atom is -0.452 e. The Kier molecular flexibility index (Phi) is 4.74. The number of carbonyl (C=O) groups is 1. The first-order valence-corrected chi connectivity index (χ1v) is 7.76. The van der Waals surface area contributed by atoms with E-state index >= 15 is 0 Å². The maximum Gasteiger partial charge on any atom is 0.338 e. The van der Waals surface area contributed by atoms with Gasteiger partial charge >= 0.3 is 5.97 Å². The van der Waals surface area contributed by atoms with Gasteiger partial charge in [-0.05, 0) is 43.2 Å². The van der Waals surface area contributed by atoms with Gasteiger partial charge in [0.2, 0.25) is 5.82 Å². The summed E-state index contributed by atoms with van der Waals surface area (Å²) >= 11 is 0. The molecule has 3 rings (SSSR count). The zero-order valence-electron chi connectivity index (χ0n) is 14.1. The van der Waals surface area contributed by atoms with Gasteiger partial charge in [-0.3, -0.25) is 10.1 Å². The van der Waals surface area contributed by atoms with Crippen molar-refractivity contribution >= 4 is 11.7 Å². The quantitative estimate of drug-likeness (QED) is 0.391. The van der Waals surface area contributed by atoms with Gasteiger partial charge in [0, 0.05) is 17.7 Å². The van der Waals surface area contributed by atoms with Crippen molar-refractivity contribution in [3.63, 3.8) is 0 Å². The van der Waals surface area contributed by atoms with Gasteiger partial charge < -0.3 is 9.26 Å². The zero-order chi connectivity index (χ0) is 18.7. The van der Waals surface area contributed by atoms with Gasteiger partial charge in [-0.25, -0.2) is 4.79 Å². The average molecular weight is 353 g/mol. The molecule has 0 atom stereocenters. The highest BCUT2D eigenvalue weighted by Gasteiger charge is 2.15. The van der Waals surface area contributed by atoms with Crippen LogP contribution in [-0.2, 0) is 11.3 Å². The van der Waals surface area contributed by atoms with Crippen molar-refractivity contribution in [3.05, 3.63) is 75.2 Å². The SMILES string of the molecule is Cc1cccc(C(=O)OCc2nc(-c3ccc([N+](=O)[O-])cc3)no2)c1C. The lowest BCUT2D eigenvalue weighted by Gasteiger charge is -2.07. The van der Waals surface area contributed by atoms with Crippen LogP contribution in [0.4, 0.5) is 5.69 Å². The first-order valence-electron chi connectivity index (χ1n) is 7.76. The van der Waals surface area contributed by atoms with Crippen molar-refractivity contribution in [2.75, 3.05) is 0 Å². The van der Waals surface area contributed by atoms with E-state index in [0.717, 1.165) is 11.1 Å². The molecule has 0 N–H and O–H groups in total. The van der Waals surface area contributed by atoms with E-state index in [1.54, 1.807) is 12.1 Å². The topological polar surface area (TPSA) is 108 Å². The molecule has 0 aliphatic heterocycles. The third-order valence-electron chi connectivity index (χ3n) is 3.96. The van der Waals surface area contributed by atoms with Crippen molar-refractivity contribution in [2.45, 2.75) is 20.5 Å². The third-order valence-corrected chi connectivity index (χ3v) is 3.96. The van der Waals surface area contributed by atoms with Crippen LogP contribution in [0.1, 0.15) is 27.4 Å². The molecule has 0 aliphatic carbocycles. The fourth-order valence-corrected chi connectivity index (χ4v) is 2.34. The van der Waals surface area contributed by atoms with E-state index in [4.69, 9.17) is 9.26 Å². The number of benzene rings is 2. The van der Waals surface area contributed by atoms with Gasteiger partial charge in [0.25, 0.3) is 11.6 Å². The van der Waals surface area contributed by atoms with Gasteiger partial charge in [-0.15, -0.1) is 0 Å². The molecule has 1 heterocycles. The standard InChI is InChI=1S/C18H15N3O5/c1-11-4-3-5-15(12(11)2)18(22)25-10-16-19-17(20-26-16)13-6-8-14(9-7-13)21(23)24/h3-9H,10H2,1-2H3. The molecule has 0 radical (unpaired) electrons. The van der Waals surface area contributed by atoms with Crippen molar-refractivity contribution < 1.29 is 19.0 Å². The highest BCUT2D eigenvalue weighted by atomic mass is 16.6. The summed E-state index contributed by atoms with van der Waals surface area (Å²) in [6, 6.07) is 11.2. The molecule has 0 amide bonds. The predicted molar refractivity (Wildman–Crippen MR) is 91.4 cm³/mol. The maximum absolute atomic E-state index is 12.2. The second-order valence-corrected chi connectivity index (χ2v) is 5.64. The molecule has 26 heavy (non-hydrogen) atoms. The van der Waals surface area contributed by atoms with Crippen molar-refractivity contribution in [1.29, 1.82) is 0 Å². The van der Waals surface area contributed by atoms with Crippen LogP contribution in [0.5, 0.6) is 0 Å². The van der Waals surface area contributed by atoms with Gasteiger partial charge in [0.15, 0.2) is 6.61 Å². The minimum absolute atomic E-state index is 0.0278. The number of non-ortho nitro benzene ring substituents is 1. The van der Waals surface area contributed by atoms with Gasteiger partial charge in [0.1, 0.15) is 0 Å². The number of carbonyl (C=O) groups excluding carboxylic acids is 1. The van der Waals surface area contributed by atoms with Crippen molar-refractivity contribution in [2.24, 2.45) is 0 Å². The van der Waals surface area contributed by atoms with Crippen molar-refractivity contribution in [3.8, 4) is 11.4 Å². The van der Waals surface area contributed by atoms with Crippen LogP contribution in [0, 0.1) is 24.0 Å². The third kappa shape index (κ3) is 3.59. The maximum atomic E-state index is 12.2. The molecule has 0 aliphatic rings. The van der Waals surface area contributed by atoms with Gasteiger partial charge in [-0.1, -0.05) is 17.3 Å². The van der Waals surface area contributed by atoms with E-state index in [0.29, 0.717) is 11.1 Å². The molecule has 0 fully saturated rings. The lowest BCUT2D eigenvalue weighted by Crippen LogP contribution is -2.08. The second kappa shape index (κ2) is 7.14. The minimum atomic E-state index is -0.488. The molecule has 0 spiro atoms. The van der Waals surface area contributed by atoms with E-state index in [1.165, 1.54) is 24.3 Å². The summed E-state index contributed by atoms with van der Waals surface area (Å²) < 4.78 is 10.3. The monoisotopic (exact) mass is 353 g/mol. The number of nitro groups is 1. The van der Waals surface area contributed by atoms with Crippen LogP contribution >= 0.6 is 0 Å². The summed E-state index contributed by atoms with van der Waals surface area (Å²) in [6.45, 7) is 3.61. The normalized spacial score (nSPS) is 10.5. The molecular formula is C18H15N3O5. The molecule has 0 saturated heterocycles. The Morgan fingerprint density at radius 2 is 1.92 bits per heavy atom. The summed E-state index contributed by atoms with van der Waals surface area (Å²) in [5.74, 6) is -0.0732. The molecule has 2 aromatic carbocycles. The van der Waals surface area contributed by atoms with Crippen LogP contribution in [-0.4, -0.2) is 21.0 Å². The summed E-state index contributed by atoms with van der Waals surface area (Å²) in [4.78, 5) is 26.5. The van der Waals surface area contributed by atoms with E-state index in [-0.39, 0.29) is 24.0 Å².